The lowest BCUT2D eigenvalue weighted by atomic mass is 10.1. The van der Waals surface area contributed by atoms with Gasteiger partial charge >= 0.3 is 0 Å². The van der Waals surface area contributed by atoms with Crippen LogP contribution in [-0.2, 0) is 9.53 Å². The highest BCUT2D eigenvalue weighted by Crippen LogP contribution is 2.27. The van der Waals surface area contributed by atoms with E-state index in [0.717, 1.165) is 10.8 Å². The molecule has 1 amide bonds. The average molecular weight is 310 g/mol. The molecule has 0 saturated carbocycles. The predicted molar refractivity (Wildman–Crippen MR) is 85.9 cm³/mol. The molecule has 3 rings (SSSR count). The summed E-state index contributed by atoms with van der Waals surface area (Å²) in [5.74, 6) is -0.623. The number of benzene rings is 1. The largest absolute Gasteiger partial charge is 0.504 e. The van der Waals surface area contributed by atoms with E-state index in [-0.39, 0.29) is 11.7 Å². The van der Waals surface area contributed by atoms with E-state index >= 15 is 0 Å². The molecule has 0 bridgehead atoms. The molecule has 7 nitrogen and oxygen atoms in total. The van der Waals surface area contributed by atoms with E-state index in [2.05, 4.69) is 15.0 Å². The van der Waals surface area contributed by atoms with Crippen LogP contribution in [0.3, 0.4) is 0 Å². The lowest BCUT2D eigenvalue weighted by Crippen LogP contribution is -2.11. The molecule has 0 saturated heterocycles. The van der Waals surface area contributed by atoms with Crippen molar-refractivity contribution in [1.82, 2.24) is 9.97 Å². The molecule has 0 atom stereocenters. The highest BCUT2D eigenvalue weighted by molar-refractivity contribution is 6.14. The van der Waals surface area contributed by atoms with Crippen molar-refractivity contribution in [2.75, 3.05) is 12.8 Å². The van der Waals surface area contributed by atoms with Crippen LogP contribution in [0.4, 0.5) is 5.69 Å². The van der Waals surface area contributed by atoms with Crippen LogP contribution in [0.1, 0.15) is 17.4 Å². The molecule has 0 spiro atoms. The molecular formula is C16H14N4O3. The van der Waals surface area contributed by atoms with Crippen LogP contribution >= 0.6 is 0 Å². The summed E-state index contributed by atoms with van der Waals surface area (Å²) in [6.07, 6.45) is 4.23. The molecule has 0 aliphatic heterocycles. The normalized spacial score (nSPS) is 12.5. The molecule has 116 valence electrons. The lowest BCUT2D eigenvalue weighted by Gasteiger charge is -2.05. The number of methoxy groups -OCH3 is 1. The predicted octanol–water partition coefficient (Wildman–Crippen LogP) is 1.53. The first-order valence-corrected chi connectivity index (χ1v) is 6.84. The number of carbonyl (C=O) groups is 2. The van der Waals surface area contributed by atoms with E-state index in [1.807, 2.05) is 0 Å². The van der Waals surface area contributed by atoms with Gasteiger partial charge in [-0.2, -0.15) is 0 Å². The molecule has 3 aromatic rings. The number of hydrogen-bond acceptors (Lipinski definition) is 5. The Hall–Kier alpha value is -3.22. The average Bonchev–Trinajstić information content (AvgIpc) is 2.94. The zero-order valence-corrected chi connectivity index (χ0v) is 12.6. The second kappa shape index (κ2) is 5.53. The van der Waals surface area contributed by atoms with Crippen LogP contribution in [-0.4, -0.2) is 28.8 Å². The SMILES string of the molecule is CO/C=C/C(=O)c1cc2cnc3c(N)cc(=NC(C)=O)c([nH]1)c23. The van der Waals surface area contributed by atoms with E-state index in [0.29, 0.717) is 27.8 Å². The summed E-state index contributed by atoms with van der Waals surface area (Å²) in [4.78, 5) is 34.8. The van der Waals surface area contributed by atoms with Crippen LogP contribution in [0.2, 0.25) is 0 Å². The van der Waals surface area contributed by atoms with Gasteiger partial charge in [-0.1, -0.05) is 0 Å². The van der Waals surface area contributed by atoms with Crippen molar-refractivity contribution in [1.29, 1.82) is 0 Å². The molecule has 1 aromatic carbocycles. The van der Waals surface area contributed by atoms with Crippen molar-refractivity contribution in [3.8, 4) is 0 Å². The molecule has 2 aromatic heterocycles. The number of ether oxygens (including phenoxy) is 1. The van der Waals surface area contributed by atoms with Gasteiger partial charge in [-0.15, -0.1) is 0 Å². The van der Waals surface area contributed by atoms with Crippen molar-refractivity contribution >= 4 is 39.2 Å². The van der Waals surface area contributed by atoms with E-state index in [1.54, 1.807) is 18.3 Å². The Morgan fingerprint density at radius 2 is 2.17 bits per heavy atom. The maximum absolute atomic E-state index is 12.2. The Morgan fingerprint density at radius 1 is 1.39 bits per heavy atom. The Balaban J connectivity index is 2.37. The van der Waals surface area contributed by atoms with Crippen molar-refractivity contribution in [3.05, 3.63) is 41.7 Å². The maximum Gasteiger partial charge on any atom is 0.243 e. The summed E-state index contributed by atoms with van der Waals surface area (Å²) in [6, 6.07) is 3.25. The molecule has 0 aliphatic rings. The van der Waals surface area contributed by atoms with Crippen molar-refractivity contribution in [2.45, 2.75) is 6.92 Å². The minimum atomic E-state index is -0.357. The third-order valence-electron chi connectivity index (χ3n) is 3.39. The van der Waals surface area contributed by atoms with Gasteiger partial charge in [-0.3, -0.25) is 14.6 Å². The molecule has 7 heteroatoms. The first-order chi connectivity index (χ1) is 11.0. The number of ketones is 1. The highest BCUT2D eigenvalue weighted by atomic mass is 16.5. The molecular weight excluding hydrogens is 296 g/mol. The van der Waals surface area contributed by atoms with E-state index in [9.17, 15) is 9.59 Å². The van der Waals surface area contributed by atoms with Crippen molar-refractivity contribution in [3.63, 3.8) is 0 Å². The number of allylic oxidation sites excluding steroid dienone is 1. The number of pyridine rings is 1. The number of amides is 1. The smallest absolute Gasteiger partial charge is 0.243 e. The van der Waals surface area contributed by atoms with Gasteiger partial charge in [0.05, 0.1) is 41.1 Å². The Bertz CT molecular complexity index is 1020. The van der Waals surface area contributed by atoms with Crippen LogP contribution in [0.15, 0.2) is 35.7 Å². The van der Waals surface area contributed by atoms with Crippen LogP contribution < -0.4 is 11.1 Å². The molecule has 23 heavy (non-hydrogen) atoms. The number of aromatic nitrogens is 2. The van der Waals surface area contributed by atoms with Gasteiger partial charge in [0.1, 0.15) is 0 Å². The molecule has 0 unspecified atom stereocenters. The Kier molecular flexibility index (Phi) is 3.53. The Morgan fingerprint density at radius 3 is 2.87 bits per heavy atom. The Labute approximate surface area is 130 Å². The van der Waals surface area contributed by atoms with Crippen molar-refractivity contribution < 1.29 is 14.3 Å². The summed E-state index contributed by atoms with van der Waals surface area (Å²) in [7, 11) is 1.46. The van der Waals surface area contributed by atoms with Crippen LogP contribution in [0.25, 0.3) is 21.8 Å². The number of carbonyl (C=O) groups excluding carboxylic acids is 2. The molecule has 2 heterocycles. The quantitative estimate of drug-likeness (QED) is 0.330. The summed E-state index contributed by atoms with van der Waals surface area (Å²) in [5.41, 5.74) is 7.91. The maximum atomic E-state index is 12.2. The highest BCUT2D eigenvalue weighted by Gasteiger charge is 2.14. The number of aromatic amines is 1. The monoisotopic (exact) mass is 310 g/mol. The number of H-pyrrole nitrogens is 1. The fourth-order valence-electron chi connectivity index (χ4n) is 2.47. The number of nitrogens with one attached hydrogen (secondary N) is 1. The minimum Gasteiger partial charge on any atom is -0.504 e. The first-order valence-electron chi connectivity index (χ1n) is 6.84. The molecule has 0 aliphatic carbocycles. The van der Waals surface area contributed by atoms with Crippen molar-refractivity contribution in [2.24, 2.45) is 4.99 Å². The fraction of sp³-hybridized carbons (Fsp3) is 0.125. The number of rotatable bonds is 3. The van der Waals surface area contributed by atoms with Gasteiger partial charge in [0.15, 0.2) is 0 Å². The second-order valence-corrected chi connectivity index (χ2v) is 5.01. The number of nitrogens with two attached hydrogens (primary N) is 1. The minimum absolute atomic E-state index is 0.266. The zero-order chi connectivity index (χ0) is 16.6. The third kappa shape index (κ3) is 2.52. The lowest BCUT2D eigenvalue weighted by molar-refractivity contribution is -0.116. The van der Waals surface area contributed by atoms with Gasteiger partial charge < -0.3 is 15.5 Å². The van der Waals surface area contributed by atoms with Gasteiger partial charge in [-0.05, 0) is 12.1 Å². The molecule has 0 fully saturated rings. The summed E-state index contributed by atoms with van der Waals surface area (Å²) < 4.78 is 4.76. The summed E-state index contributed by atoms with van der Waals surface area (Å²) in [5, 5.41) is 1.87. The standard InChI is InChI=1S/C16H14N4O3/c1-8(21)19-12-6-10(17)15-14-9(7-18-15)5-11(20-16(12)14)13(22)3-4-23-2/h3-7,20H,17H2,1-2H3/b4-3+,19-12?. The van der Waals surface area contributed by atoms with Gasteiger partial charge in [0, 0.05) is 30.0 Å². The van der Waals surface area contributed by atoms with Gasteiger partial charge in [0.2, 0.25) is 11.7 Å². The summed E-state index contributed by atoms with van der Waals surface area (Å²) >= 11 is 0. The van der Waals surface area contributed by atoms with E-state index in [4.69, 9.17) is 10.5 Å². The van der Waals surface area contributed by atoms with Crippen LogP contribution in [0, 0.1) is 0 Å². The van der Waals surface area contributed by atoms with Gasteiger partial charge in [0.25, 0.3) is 0 Å². The topological polar surface area (TPSA) is 110 Å². The number of nitrogens with zero attached hydrogens (tertiary/aromatic N) is 2. The molecule has 0 radical (unpaired) electrons. The number of anilines is 1. The number of nitrogen functional groups attached to an aromatic ring is 1. The number of hydrogen-bond donors (Lipinski definition) is 2. The van der Waals surface area contributed by atoms with Crippen LogP contribution in [0.5, 0.6) is 0 Å². The third-order valence-corrected chi connectivity index (χ3v) is 3.39. The fourth-order valence-corrected chi connectivity index (χ4v) is 2.47. The second-order valence-electron chi connectivity index (χ2n) is 5.01. The van der Waals surface area contributed by atoms with E-state index < -0.39 is 0 Å². The van der Waals surface area contributed by atoms with E-state index in [1.165, 1.54) is 26.4 Å². The molecule has 3 N–H and O–H groups in total. The zero-order valence-electron chi connectivity index (χ0n) is 12.6. The van der Waals surface area contributed by atoms with Gasteiger partial charge in [-0.25, -0.2) is 4.99 Å². The first kappa shape index (κ1) is 14.7. The summed E-state index contributed by atoms with van der Waals surface area (Å²) in [6.45, 7) is 1.35.